The van der Waals surface area contributed by atoms with Gasteiger partial charge >= 0.3 is 0 Å². The molecule has 100 valence electrons. The summed E-state index contributed by atoms with van der Waals surface area (Å²) in [6, 6.07) is 4.19. The molecule has 2 N–H and O–H groups in total. The van der Waals surface area contributed by atoms with Crippen LogP contribution in [0.4, 0.5) is 8.78 Å². The Morgan fingerprint density at radius 3 is 2.78 bits per heavy atom. The standard InChI is InChI=1S/C14H19F2NO/c15-12-6-3-5-11(14(12)16)9-17-8-10-4-1-2-7-13(10)18/h3,5-6,10,13,17-18H,1-2,4,7-9H2. The summed E-state index contributed by atoms with van der Waals surface area (Å²) in [7, 11) is 0. The van der Waals surface area contributed by atoms with E-state index in [1.54, 1.807) is 6.07 Å². The summed E-state index contributed by atoms with van der Waals surface area (Å²) in [6.07, 6.45) is 3.80. The van der Waals surface area contributed by atoms with Gasteiger partial charge in [0, 0.05) is 18.7 Å². The molecule has 2 unspecified atom stereocenters. The zero-order valence-electron chi connectivity index (χ0n) is 10.3. The summed E-state index contributed by atoms with van der Waals surface area (Å²) in [5.41, 5.74) is 0.334. The SMILES string of the molecule is OC1CCCCC1CNCc1cccc(F)c1F. The van der Waals surface area contributed by atoms with E-state index in [0.717, 1.165) is 31.7 Å². The van der Waals surface area contributed by atoms with Gasteiger partial charge in [-0.2, -0.15) is 0 Å². The smallest absolute Gasteiger partial charge is 0.163 e. The number of nitrogens with one attached hydrogen (secondary N) is 1. The first-order valence-corrected chi connectivity index (χ1v) is 6.50. The number of aliphatic hydroxyl groups excluding tert-OH is 1. The van der Waals surface area contributed by atoms with Crippen molar-refractivity contribution in [3.05, 3.63) is 35.4 Å². The van der Waals surface area contributed by atoms with Crippen LogP contribution in [0.25, 0.3) is 0 Å². The van der Waals surface area contributed by atoms with E-state index in [1.807, 2.05) is 0 Å². The van der Waals surface area contributed by atoms with Gasteiger partial charge < -0.3 is 10.4 Å². The zero-order chi connectivity index (χ0) is 13.0. The van der Waals surface area contributed by atoms with Crippen LogP contribution in [0.1, 0.15) is 31.2 Å². The van der Waals surface area contributed by atoms with Gasteiger partial charge in [0.15, 0.2) is 11.6 Å². The van der Waals surface area contributed by atoms with E-state index in [2.05, 4.69) is 5.32 Å². The normalized spacial score (nSPS) is 24.2. The Labute approximate surface area is 106 Å². The second-order valence-electron chi connectivity index (χ2n) is 4.96. The van der Waals surface area contributed by atoms with Crippen molar-refractivity contribution in [3.8, 4) is 0 Å². The van der Waals surface area contributed by atoms with Crippen molar-refractivity contribution in [3.63, 3.8) is 0 Å². The van der Waals surface area contributed by atoms with Gasteiger partial charge in [-0.3, -0.25) is 0 Å². The van der Waals surface area contributed by atoms with Crippen molar-refractivity contribution in [1.82, 2.24) is 5.32 Å². The fourth-order valence-corrected chi connectivity index (χ4v) is 2.50. The Balaban J connectivity index is 1.83. The third-order valence-electron chi connectivity index (χ3n) is 3.62. The van der Waals surface area contributed by atoms with E-state index in [-0.39, 0.29) is 12.0 Å². The molecule has 2 nitrogen and oxygen atoms in total. The maximum Gasteiger partial charge on any atom is 0.163 e. The van der Waals surface area contributed by atoms with Gasteiger partial charge in [0.1, 0.15) is 0 Å². The molecule has 0 aliphatic heterocycles. The van der Waals surface area contributed by atoms with Gasteiger partial charge in [-0.05, 0) is 24.8 Å². The molecule has 0 saturated heterocycles. The molecule has 0 bridgehead atoms. The minimum atomic E-state index is -0.813. The predicted molar refractivity (Wildman–Crippen MR) is 66.0 cm³/mol. The Kier molecular flexibility index (Phi) is 4.66. The average molecular weight is 255 g/mol. The highest BCUT2D eigenvalue weighted by atomic mass is 19.2. The van der Waals surface area contributed by atoms with Crippen LogP contribution in [0.3, 0.4) is 0 Å². The highest BCUT2D eigenvalue weighted by Gasteiger charge is 2.22. The second-order valence-corrected chi connectivity index (χ2v) is 4.96. The van der Waals surface area contributed by atoms with Crippen LogP contribution in [-0.2, 0) is 6.54 Å². The fourth-order valence-electron chi connectivity index (χ4n) is 2.50. The molecule has 1 fully saturated rings. The van der Waals surface area contributed by atoms with Crippen LogP contribution < -0.4 is 5.32 Å². The van der Waals surface area contributed by atoms with Crippen LogP contribution >= 0.6 is 0 Å². The first-order chi connectivity index (χ1) is 8.68. The van der Waals surface area contributed by atoms with Crippen LogP contribution in [0.5, 0.6) is 0 Å². The zero-order valence-corrected chi connectivity index (χ0v) is 10.3. The van der Waals surface area contributed by atoms with Crippen molar-refractivity contribution in [2.75, 3.05) is 6.54 Å². The summed E-state index contributed by atoms with van der Waals surface area (Å²) < 4.78 is 26.4. The van der Waals surface area contributed by atoms with E-state index in [0.29, 0.717) is 18.7 Å². The molecular formula is C14H19F2NO. The number of hydrogen-bond donors (Lipinski definition) is 2. The molecule has 0 radical (unpaired) electrons. The summed E-state index contributed by atoms with van der Waals surface area (Å²) in [5.74, 6) is -1.36. The molecule has 1 aromatic carbocycles. The third kappa shape index (κ3) is 3.27. The van der Waals surface area contributed by atoms with Crippen molar-refractivity contribution < 1.29 is 13.9 Å². The van der Waals surface area contributed by atoms with Crippen LogP contribution in [0.2, 0.25) is 0 Å². The third-order valence-corrected chi connectivity index (χ3v) is 3.62. The Bertz CT molecular complexity index is 397. The molecule has 4 heteroatoms. The summed E-state index contributed by atoms with van der Waals surface area (Å²) in [5, 5.41) is 12.9. The maximum atomic E-state index is 13.4. The minimum Gasteiger partial charge on any atom is -0.393 e. The topological polar surface area (TPSA) is 32.3 Å². The van der Waals surface area contributed by atoms with Crippen molar-refractivity contribution >= 4 is 0 Å². The number of rotatable bonds is 4. The molecule has 0 amide bonds. The van der Waals surface area contributed by atoms with E-state index >= 15 is 0 Å². The largest absolute Gasteiger partial charge is 0.393 e. The number of aliphatic hydroxyl groups is 1. The molecule has 1 saturated carbocycles. The lowest BCUT2D eigenvalue weighted by Gasteiger charge is -2.27. The Morgan fingerprint density at radius 2 is 2.00 bits per heavy atom. The molecule has 2 rings (SSSR count). The minimum absolute atomic E-state index is 0.232. The lowest BCUT2D eigenvalue weighted by Crippen LogP contribution is -2.33. The van der Waals surface area contributed by atoms with Crippen LogP contribution in [0.15, 0.2) is 18.2 Å². The van der Waals surface area contributed by atoms with Gasteiger partial charge in [-0.25, -0.2) is 8.78 Å². The van der Waals surface area contributed by atoms with Crippen LogP contribution in [0, 0.1) is 17.6 Å². The molecule has 0 aromatic heterocycles. The number of benzene rings is 1. The van der Waals surface area contributed by atoms with Gasteiger partial charge in [-0.1, -0.05) is 25.0 Å². The molecule has 18 heavy (non-hydrogen) atoms. The predicted octanol–water partition coefficient (Wildman–Crippen LogP) is 2.61. The van der Waals surface area contributed by atoms with Gasteiger partial charge in [0.25, 0.3) is 0 Å². The Hall–Kier alpha value is -1.00. The van der Waals surface area contributed by atoms with Crippen molar-refractivity contribution in [2.45, 2.75) is 38.3 Å². The molecule has 2 atom stereocenters. The first kappa shape index (κ1) is 13.4. The molecule has 1 aromatic rings. The highest BCUT2D eigenvalue weighted by molar-refractivity contribution is 5.18. The van der Waals surface area contributed by atoms with E-state index < -0.39 is 11.6 Å². The van der Waals surface area contributed by atoms with Gasteiger partial charge in [-0.15, -0.1) is 0 Å². The second kappa shape index (κ2) is 6.25. The summed E-state index contributed by atoms with van der Waals surface area (Å²) in [4.78, 5) is 0. The molecule has 1 aliphatic carbocycles. The summed E-state index contributed by atoms with van der Waals surface area (Å²) in [6.45, 7) is 0.948. The maximum absolute atomic E-state index is 13.4. The number of hydrogen-bond acceptors (Lipinski definition) is 2. The van der Waals surface area contributed by atoms with Gasteiger partial charge in [0.05, 0.1) is 6.10 Å². The van der Waals surface area contributed by atoms with Crippen molar-refractivity contribution in [1.29, 1.82) is 0 Å². The van der Waals surface area contributed by atoms with Crippen molar-refractivity contribution in [2.24, 2.45) is 5.92 Å². The quantitative estimate of drug-likeness (QED) is 0.866. The lowest BCUT2D eigenvalue weighted by molar-refractivity contribution is 0.0694. The average Bonchev–Trinajstić information content (AvgIpc) is 2.37. The first-order valence-electron chi connectivity index (χ1n) is 6.50. The number of halogens is 2. The van der Waals surface area contributed by atoms with E-state index in [1.165, 1.54) is 6.07 Å². The molecule has 1 aliphatic rings. The molecule has 0 spiro atoms. The Morgan fingerprint density at radius 1 is 1.22 bits per heavy atom. The fraction of sp³-hybridized carbons (Fsp3) is 0.571. The highest BCUT2D eigenvalue weighted by Crippen LogP contribution is 2.23. The monoisotopic (exact) mass is 255 g/mol. The van der Waals surface area contributed by atoms with E-state index in [9.17, 15) is 13.9 Å². The lowest BCUT2D eigenvalue weighted by atomic mass is 9.86. The summed E-state index contributed by atoms with van der Waals surface area (Å²) >= 11 is 0. The molecule has 0 heterocycles. The van der Waals surface area contributed by atoms with Crippen LogP contribution in [-0.4, -0.2) is 17.8 Å². The van der Waals surface area contributed by atoms with E-state index in [4.69, 9.17) is 0 Å². The molecular weight excluding hydrogens is 236 g/mol. The van der Waals surface area contributed by atoms with Gasteiger partial charge in [0.2, 0.25) is 0 Å².